The van der Waals surface area contributed by atoms with Crippen LogP contribution in [0.15, 0.2) is 34.2 Å². The van der Waals surface area contributed by atoms with Crippen molar-refractivity contribution in [2.24, 2.45) is 0 Å². The van der Waals surface area contributed by atoms with Gasteiger partial charge in [-0.15, -0.1) is 11.3 Å². The summed E-state index contributed by atoms with van der Waals surface area (Å²) < 4.78 is 5.33. The topological polar surface area (TPSA) is 63.8 Å². The molecule has 22 heavy (non-hydrogen) atoms. The first-order valence-electron chi connectivity index (χ1n) is 7.19. The molecule has 0 bridgehead atoms. The summed E-state index contributed by atoms with van der Waals surface area (Å²) in [6.07, 6.45) is 0.731. The quantitative estimate of drug-likeness (QED) is 0.782. The fourth-order valence-corrected chi connectivity index (χ4v) is 3.01. The fourth-order valence-electron chi connectivity index (χ4n) is 2.13. The van der Waals surface area contributed by atoms with Crippen LogP contribution in [0.4, 0.5) is 0 Å². The monoisotopic (exact) mass is 314 g/mol. The highest BCUT2D eigenvalue weighted by molar-refractivity contribution is 7.13. The lowest BCUT2D eigenvalue weighted by Gasteiger charge is -2.04. The molecule has 5 nitrogen and oxygen atoms in total. The van der Waals surface area contributed by atoms with Crippen LogP contribution in [0.3, 0.4) is 0 Å². The molecule has 0 spiro atoms. The smallest absolute Gasteiger partial charge is 0.277 e. The highest BCUT2D eigenvalue weighted by Crippen LogP contribution is 2.30. The van der Waals surface area contributed by atoms with E-state index >= 15 is 0 Å². The minimum absolute atomic E-state index is 0.309. The Morgan fingerprint density at radius 2 is 2.09 bits per heavy atom. The van der Waals surface area contributed by atoms with Gasteiger partial charge >= 0.3 is 0 Å². The highest BCUT2D eigenvalue weighted by atomic mass is 32.1. The van der Waals surface area contributed by atoms with Crippen LogP contribution in [-0.2, 0) is 6.42 Å². The summed E-state index contributed by atoms with van der Waals surface area (Å²) in [4.78, 5) is 9.06. The molecule has 114 valence electrons. The van der Waals surface area contributed by atoms with E-state index in [4.69, 9.17) is 4.52 Å². The van der Waals surface area contributed by atoms with E-state index in [2.05, 4.69) is 46.4 Å². The molecule has 2 heterocycles. The van der Waals surface area contributed by atoms with Crippen molar-refractivity contribution < 1.29 is 4.52 Å². The van der Waals surface area contributed by atoms with Gasteiger partial charge in [-0.05, 0) is 26.5 Å². The lowest BCUT2D eigenvalue weighted by Crippen LogP contribution is -2.24. The molecule has 3 rings (SSSR count). The third-order valence-corrected chi connectivity index (χ3v) is 4.42. The number of benzene rings is 1. The van der Waals surface area contributed by atoms with Crippen molar-refractivity contribution in [3.63, 3.8) is 0 Å². The number of hydrogen-bond acceptors (Lipinski definition) is 6. The molecule has 0 saturated carbocycles. The number of nitrogens with one attached hydrogen (secondary N) is 1. The van der Waals surface area contributed by atoms with Crippen LogP contribution in [0.2, 0.25) is 0 Å². The molecular weight excluding hydrogens is 296 g/mol. The summed E-state index contributed by atoms with van der Waals surface area (Å²) in [6, 6.07) is 8.52. The van der Waals surface area contributed by atoms with E-state index in [1.54, 1.807) is 11.3 Å². The standard InChI is InChI=1S/C16H18N4OS/c1-10-6-4-5-7-12(10)16-18-13(9-22-16)15-19-14(20-21-15)8-11(2)17-3/h4-7,9,11,17H,8H2,1-3H3. The lowest BCUT2D eigenvalue weighted by molar-refractivity contribution is 0.417. The molecule has 0 aliphatic rings. The maximum atomic E-state index is 5.33. The number of aryl methyl sites for hydroxylation is 1. The lowest BCUT2D eigenvalue weighted by atomic mass is 10.1. The fraction of sp³-hybridized carbons (Fsp3) is 0.312. The van der Waals surface area contributed by atoms with E-state index in [9.17, 15) is 0 Å². The van der Waals surface area contributed by atoms with Crippen LogP contribution >= 0.6 is 11.3 Å². The van der Waals surface area contributed by atoms with Gasteiger partial charge in [-0.25, -0.2) is 4.98 Å². The van der Waals surface area contributed by atoms with Gasteiger partial charge in [-0.2, -0.15) is 4.98 Å². The predicted octanol–water partition coefficient (Wildman–Crippen LogP) is 3.32. The van der Waals surface area contributed by atoms with Gasteiger partial charge in [0.2, 0.25) is 0 Å². The summed E-state index contributed by atoms with van der Waals surface area (Å²) in [5.41, 5.74) is 3.08. The minimum atomic E-state index is 0.309. The van der Waals surface area contributed by atoms with E-state index in [1.165, 1.54) is 5.56 Å². The van der Waals surface area contributed by atoms with Gasteiger partial charge in [0, 0.05) is 23.4 Å². The molecule has 2 aromatic heterocycles. The van der Waals surface area contributed by atoms with Crippen molar-refractivity contribution in [1.29, 1.82) is 0 Å². The number of rotatable bonds is 5. The van der Waals surface area contributed by atoms with Crippen LogP contribution in [0.5, 0.6) is 0 Å². The Morgan fingerprint density at radius 3 is 2.86 bits per heavy atom. The molecular formula is C16H18N4OS. The van der Waals surface area contributed by atoms with Crippen molar-refractivity contribution in [3.8, 4) is 22.2 Å². The average molecular weight is 314 g/mol. The second-order valence-electron chi connectivity index (χ2n) is 5.26. The van der Waals surface area contributed by atoms with Crippen molar-refractivity contribution in [2.75, 3.05) is 7.05 Å². The molecule has 0 aliphatic heterocycles. The van der Waals surface area contributed by atoms with E-state index in [1.807, 2.05) is 24.6 Å². The molecule has 0 radical (unpaired) electrons. The summed E-state index contributed by atoms with van der Waals surface area (Å²) in [5.74, 6) is 1.18. The van der Waals surface area contributed by atoms with Gasteiger partial charge in [0.15, 0.2) is 5.82 Å². The molecule has 0 saturated heterocycles. The number of aromatic nitrogens is 3. The second-order valence-corrected chi connectivity index (χ2v) is 6.12. The van der Waals surface area contributed by atoms with Crippen molar-refractivity contribution >= 4 is 11.3 Å². The molecule has 0 fully saturated rings. The number of thiazole rings is 1. The maximum Gasteiger partial charge on any atom is 0.277 e. The van der Waals surface area contributed by atoms with E-state index in [-0.39, 0.29) is 0 Å². The Hall–Kier alpha value is -2.05. The molecule has 0 aliphatic carbocycles. The Bertz CT molecular complexity index is 765. The predicted molar refractivity (Wildman–Crippen MR) is 87.8 cm³/mol. The second kappa shape index (κ2) is 6.37. The summed E-state index contributed by atoms with van der Waals surface area (Å²) >= 11 is 1.59. The zero-order valence-electron chi connectivity index (χ0n) is 12.8. The number of hydrogen-bond donors (Lipinski definition) is 1. The summed E-state index contributed by atoms with van der Waals surface area (Å²) in [5, 5.41) is 10.1. The van der Waals surface area contributed by atoms with Crippen LogP contribution in [-0.4, -0.2) is 28.2 Å². The number of nitrogens with zero attached hydrogens (tertiary/aromatic N) is 3. The molecule has 6 heteroatoms. The Morgan fingerprint density at radius 1 is 1.27 bits per heavy atom. The molecule has 1 unspecified atom stereocenters. The van der Waals surface area contributed by atoms with Gasteiger partial charge in [-0.1, -0.05) is 29.4 Å². The van der Waals surface area contributed by atoms with E-state index in [0.29, 0.717) is 17.8 Å². The first kappa shape index (κ1) is 14.9. The van der Waals surface area contributed by atoms with Gasteiger partial charge in [0.25, 0.3) is 5.89 Å². The van der Waals surface area contributed by atoms with Crippen LogP contribution < -0.4 is 5.32 Å². The minimum Gasteiger partial charge on any atom is -0.332 e. The number of likely N-dealkylation sites (N-methyl/N-ethyl adjacent to an activating group) is 1. The van der Waals surface area contributed by atoms with Crippen LogP contribution in [0.1, 0.15) is 18.3 Å². The third-order valence-electron chi connectivity index (χ3n) is 3.55. The van der Waals surface area contributed by atoms with Gasteiger partial charge in [0.1, 0.15) is 10.7 Å². The normalized spacial score (nSPS) is 12.5. The van der Waals surface area contributed by atoms with Crippen molar-refractivity contribution in [1.82, 2.24) is 20.4 Å². The first-order valence-corrected chi connectivity index (χ1v) is 8.07. The molecule has 3 aromatic rings. The molecule has 1 N–H and O–H groups in total. The van der Waals surface area contributed by atoms with Crippen LogP contribution in [0.25, 0.3) is 22.2 Å². The first-order chi connectivity index (χ1) is 10.7. The molecule has 0 amide bonds. The van der Waals surface area contributed by atoms with Crippen LogP contribution in [0, 0.1) is 6.92 Å². The Labute approximate surface area is 133 Å². The van der Waals surface area contributed by atoms with Crippen molar-refractivity contribution in [2.45, 2.75) is 26.3 Å². The van der Waals surface area contributed by atoms with E-state index in [0.717, 1.165) is 22.7 Å². The summed E-state index contributed by atoms with van der Waals surface area (Å²) in [6.45, 7) is 4.16. The van der Waals surface area contributed by atoms with Gasteiger partial charge in [0.05, 0.1) is 0 Å². The van der Waals surface area contributed by atoms with Gasteiger partial charge < -0.3 is 9.84 Å². The van der Waals surface area contributed by atoms with E-state index < -0.39 is 0 Å². The third kappa shape index (κ3) is 3.08. The Balaban J connectivity index is 1.84. The van der Waals surface area contributed by atoms with Crippen molar-refractivity contribution in [3.05, 3.63) is 41.0 Å². The SMILES string of the molecule is CNC(C)Cc1noc(-c2csc(-c3ccccc3C)n2)n1. The highest BCUT2D eigenvalue weighted by Gasteiger charge is 2.15. The van der Waals surface area contributed by atoms with Gasteiger partial charge in [-0.3, -0.25) is 0 Å². The zero-order valence-corrected chi connectivity index (χ0v) is 13.6. The molecule has 1 atom stereocenters. The average Bonchev–Trinajstić information content (AvgIpc) is 3.16. The Kier molecular flexibility index (Phi) is 4.31. The largest absolute Gasteiger partial charge is 0.332 e. The summed E-state index contributed by atoms with van der Waals surface area (Å²) in [7, 11) is 1.92. The maximum absolute atomic E-state index is 5.33. The zero-order chi connectivity index (χ0) is 15.5. The molecule has 1 aromatic carbocycles.